The van der Waals surface area contributed by atoms with Gasteiger partial charge in [-0.1, -0.05) is 24.3 Å². The number of anilines is 1. The molecule has 1 aromatic heterocycles. The van der Waals surface area contributed by atoms with Crippen LogP contribution in [0, 0.1) is 0 Å². The predicted molar refractivity (Wildman–Crippen MR) is 120 cm³/mol. The molecule has 0 fully saturated rings. The molecule has 0 aliphatic carbocycles. The summed E-state index contributed by atoms with van der Waals surface area (Å²) in [5.74, 6) is 1.99. The number of hydrogen-bond donors (Lipinski definition) is 1. The Hall–Kier alpha value is -3.19. The highest BCUT2D eigenvalue weighted by Gasteiger charge is 2.17. The first-order chi connectivity index (χ1) is 14.6. The Kier molecular flexibility index (Phi) is 7.57. The lowest BCUT2D eigenvalue weighted by atomic mass is 10.1. The van der Waals surface area contributed by atoms with Crippen LogP contribution in [0.3, 0.4) is 0 Å². The van der Waals surface area contributed by atoms with Crippen LogP contribution in [0.2, 0.25) is 0 Å². The second-order valence-corrected chi connectivity index (χ2v) is 7.60. The van der Waals surface area contributed by atoms with E-state index < -0.39 is 0 Å². The average molecular weight is 427 g/mol. The van der Waals surface area contributed by atoms with Gasteiger partial charge < -0.3 is 24.4 Å². The van der Waals surface area contributed by atoms with Gasteiger partial charge in [-0.15, -0.1) is 11.3 Å². The van der Waals surface area contributed by atoms with Crippen LogP contribution in [0.25, 0.3) is 0 Å². The number of benzene rings is 2. The normalized spacial score (nSPS) is 10.4. The molecule has 1 N–H and O–H groups in total. The summed E-state index contributed by atoms with van der Waals surface area (Å²) in [6.45, 7) is 1.08. The molecule has 6 nitrogen and oxygen atoms in total. The minimum absolute atomic E-state index is 0.173. The van der Waals surface area contributed by atoms with E-state index >= 15 is 0 Å². The molecule has 158 valence electrons. The Bertz CT molecular complexity index is 960. The first-order valence-corrected chi connectivity index (χ1v) is 10.4. The van der Waals surface area contributed by atoms with Gasteiger partial charge in [0.1, 0.15) is 5.75 Å². The van der Waals surface area contributed by atoms with Gasteiger partial charge in [0.05, 0.1) is 33.6 Å². The van der Waals surface area contributed by atoms with Gasteiger partial charge >= 0.3 is 6.03 Å². The van der Waals surface area contributed by atoms with E-state index in [0.717, 1.165) is 10.4 Å². The van der Waals surface area contributed by atoms with E-state index in [-0.39, 0.29) is 6.03 Å². The zero-order chi connectivity index (χ0) is 21.3. The van der Waals surface area contributed by atoms with Crippen LogP contribution in [0.15, 0.2) is 60.0 Å². The van der Waals surface area contributed by atoms with E-state index in [1.165, 1.54) is 0 Å². The molecule has 3 rings (SSSR count). The van der Waals surface area contributed by atoms with Crippen molar-refractivity contribution in [2.75, 3.05) is 33.2 Å². The molecule has 3 aromatic rings. The van der Waals surface area contributed by atoms with Crippen molar-refractivity contribution in [3.63, 3.8) is 0 Å². The van der Waals surface area contributed by atoms with Crippen molar-refractivity contribution in [2.24, 2.45) is 0 Å². The summed E-state index contributed by atoms with van der Waals surface area (Å²) in [7, 11) is 4.82. The third kappa shape index (κ3) is 5.45. The van der Waals surface area contributed by atoms with Gasteiger partial charge in [-0.3, -0.25) is 0 Å². The van der Waals surface area contributed by atoms with E-state index in [1.807, 2.05) is 60.0 Å². The Balaban J connectivity index is 1.74. The van der Waals surface area contributed by atoms with Crippen molar-refractivity contribution in [1.82, 2.24) is 4.90 Å². The number of carbonyl (C=O) groups excluding carboxylic acids is 1. The van der Waals surface area contributed by atoms with Crippen molar-refractivity contribution in [1.29, 1.82) is 0 Å². The third-order valence-electron chi connectivity index (χ3n) is 4.68. The van der Waals surface area contributed by atoms with E-state index in [1.54, 1.807) is 37.6 Å². The fourth-order valence-corrected chi connectivity index (χ4v) is 3.80. The molecule has 2 amide bonds. The highest BCUT2D eigenvalue weighted by atomic mass is 32.1. The van der Waals surface area contributed by atoms with Crippen molar-refractivity contribution >= 4 is 23.1 Å². The number of amides is 2. The number of thiophene rings is 1. The lowest BCUT2D eigenvalue weighted by Gasteiger charge is -2.23. The van der Waals surface area contributed by atoms with Crippen LogP contribution in [-0.4, -0.2) is 38.8 Å². The van der Waals surface area contributed by atoms with E-state index in [2.05, 4.69) is 5.32 Å². The molecule has 0 radical (unpaired) electrons. The standard InChI is InChI=1S/C23H26N2O4S/c1-27-20-9-5-4-8-19(20)24-23(26)25(16-18-7-6-14-30-18)13-12-17-10-11-21(28-2)22(15-17)29-3/h4-11,14-15H,12-13,16H2,1-3H3,(H,24,26). The van der Waals surface area contributed by atoms with Crippen molar-refractivity contribution in [2.45, 2.75) is 13.0 Å². The highest BCUT2D eigenvalue weighted by Crippen LogP contribution is 2.28. The maximum Gasteiger partial charge on any atom is 0.322 e. The molecule has 0 unspecified atom stereocenters. The first-order valence-electron chi connectivity index (χ1n) is 9.56. The lowest BCUT2D eigenvalue weighted by molar-refractivity contribution is 0.210. The summed E-state index contributed by atoms with van der Waals surface area (Å²) >= 11 is 1.63. The molecule has 0 aliphatic rings. The largest absolute Gasteiger partial charge is 0.495 e. The van der Waals surface area contributed by atoms with Crippen LogP contribution < -0.4 is 19.5 Å². The summed E-state index contributed by atoms with van der Waals surface area (Å²) in [5.41, 5.74) is 1.71. The van der Waals surface area contributed by atoms with E-state index in [9.17, 15) is 4.79 Å². The van der Waals surface area contributed by atoms with Gasteiger partial charge in [0.2, 0.25) is 0 Å². The summed E-state index contributed by atoms with van der Waals surface area (Å²) in [4.78, 5) is 16.0. The molecule has 2 aromatic carbocycles. The fourth-order valence-electron chi connectivity index (χ4n) is 3.09. The van der Waals surface area contributed by atoms with Crippen molar-refractivity contribution in [3.05, 3.63) is 70.4 Å². The number of nitrogens with one attached hydrogen (secondary N) is 1. The molecule has 7 heteroatoms. The summed E-state index contributed by atoms with van der Waals surface area (Å²) in [5, 5.41) is 4.99. The van der Waals surface area contributed by atoms with E-state index in [4.69, 9.17) is 14.2 Å². The Labute approximate surface area is 181 Å². The zero-order valence-electron chi connectivity index (χ0n) is 17.4. The number of nitrogens with zero attached hydrogens (tertiary/aromatic N) is 1. The van der Waals surface area contributed by atoms with Gasteiger partial charge in [0, 0.05) is 11.4 Å². The maximum atomic E-state index is 13.1. The molecule has 1 heterocycles. The number of ether oxygens (including phenoxy) is 3. The zero-order valence-corrected chi connectivity index (χ0v) is 18.2. The first kappa shape index (κ1) is 21.5. The molecule has 0 saturated heterocycles. The van der Waals surface area contributed by atoms with Crippen LogP contribution in [0.4, 0.5) is 10.5 Å². The average Bonchev–Trinajstić information content (AvgIpc) is 3.29. The lowest BCUT2D eigenvalue weighted by Crippen LogP contribution is -2.36. The van der Waals surface area contributed by atoms with Crippen LogP contribution >= 0.6 is 11.3 Å². The molecular formula is C23H26N2O4S. The number of para-hydroxylation sites is 2. The maximum absolute atomic E-state index is 13.1. The fraction of sp³-hybridized carbons (Fsp3) is 0.261. The monoisotopic (exact) mass is 426 g/mol. The predicted octanol–water partition coefficient (Wildman–Crippen LogP) is 5.05. The minimum atomic E-state index is -0.173. The SMILES string of the molecule is COc1ccccc1NC(=O)N(CCc1ccc(OC)c(OC)c1)Cc1cccs1. The van der Waals surface area contributed by atoms with Gasteiger partial charge in [-0.25, -0.2) is 4.79 Å². The van der Waals surface area contributed by atoms with Gasteiger partial charge in [0.25, 0.3) is 0 Å². The van der Waals surface area contributed by atoms with Crippen LogP contribution in [-0.2, 0) is 13.0 Å². The Morgan fingerprint density at radius 2 is 1.70 bits per heavy atom. The molecule has 0 atom stereocenters. The Morgan fingerprint density at radius 3 is 2.40 bits per heavy atom. The number of hydrogen-bond acceptors (Lipinski definition) is 5. The van der Waals surface area contributed by atoms with Crippen molar-refractivity contribution < 1.29 is 19.0 Å². The quantitative estimate of drug-likeness (QED) is 0.520. The van der Waals surface area contributed by atoms with Crippen LogP contribution in [0.1, 0.15) is 10.4 Å². The van der Waals surface area contributed by atoms with E-state index in [0.29, 0.717) is 42.4 Å². The second kappa shape index (κ2) is 10.5. The smallest absolute Gasteiger partial charge is 0.322 e. The number of carbonyl (C=O) groups is 1. The van der Waals surface area contributed by atoms with Crippen LogP contribution in [0.5, 0.6) is 17.2 Å². The third-order valence-corrected chi connectivity index (χ3v) is 5.54. The number of urea groups is 1. The summed E-state index contributed by atoms with van der Waals surface area (Å²) < 4.78 is 16.0. The molecule has 0 bridgehead atoms. The molecule has 30 heavy (non-hydrogen) atoms. The molecule has 0 spiro atoms. The molecular weight excluding hydrogens is 400 g/mol. The number of rotatable bonds is 9. The highest BCUT2D eigenvalue weighted by molar-refractivity contribution is 7.09. The minimum Gasteiger partial charge on any atom is -0.495 e. The molecule has 0 saturated carbocycles. The Morgan fingerprint density at radius 1 is 0.933 bits per heavy atom. The number of methoxy groups -OCH3 is 3. The summed E-state index contributed by atoms with van der Waals surface area (Å²) in [6, 6.07) is 17.1. The van der Waals surface area contributed by atoms with Crippen molar-refractivity contribution in [3.8, 4) is 17.2 Å². The summed E-state index contributed by atoms with van der Waals surface area (Å²) in [6.07, 6.45) is 0.686. The van der Waals surface area contributed by atoms with Gasteiger partial charge in [0.15, 0.2) is 11.5 Å². The topological polar surface area (TPSA) is 60.0 Å². The van der Waals surface area contributed by atoms with Gasteiger partial charge in [-0.2, -0.15) is 0 Å². The second-order valence-electron chi connectivity index (χ2n) is 6.57. The molecule has 0 aliphatic heterocycles. The van der Waals surface area contributed by atoms with Gasteiger partial charge in [-0.05, 0) is 47.7 Å².